The third kappa shape index (κ3) is 7.34. The summed E-state index contributed by atoms with van der Waals surface area (Å²) < 4.78 is 5.72. The maximum Gasteiger partial charge on any atom is 0.162 e. The predicted molar refractivity (Wildman–Crippen MR) is 157 cm³/mol. The van der Waals surface area contributed by atoms with Crippen LogP contribution in [0.15, 0.2) is 84.4 Å². The van der Waals surface area contributed by atoms with E-state index in [0.717, 1.165) is 55.8 Å². The van der Waals surface area contributed by atoms with E-state index < -0.39 is 0 Å². The lowest BCUT2D eigenvalue weighted by Crippen LogP contribution is -2.32. The number of likely N-dealkylation sites (tertiary alicyclic amines) is 1. The molecule has 196 valence electrons. The molecule has 1 fully saturated rings. The SMILES string of the molecule is COc1ccccc1C(=C1CCN(CCCC(=O)c2ccc(C(C)(C)C)cc2)CC1)c1ccccc1.Cl. The lowest BCUT2D eigenvalue weighted by Gasteiger charge is -2.30. The first-order valence-corrected chi connectivity index (χ1v) is 13.1. The highest BCUT2D eigenvalue weighted by Crippen LogP contribution is 2.36. The van der Waals surface area contributed by atoms with Gasteiger partial charge >= 0.3 is 0 Å². The van der Waals surface area contributed by atoms with Gasteiger partial charge in [0.15, 0.2) is 5.78 Å². The Labute approximate surface area is 229 Å². The number of carbonyl (C=O) groups is 1. The average molecular weight is 518 g/mol. The van der Waals surface area contributed by atoms with Crippen LogP contribution < -0.4 is 4.74 Å². The number of ether oxygens (including phenoxy) is 1. The van der Waals surface area contributed by atoms with Gasteiger partial charge in [-0.1, -0.05) is 99.1 Å². The summed E-state index contributed by atoms with van der Waals surface area (Å²) in [6, 6.07) is 27.2. The smallest absolute Gasteiger partial charge is 0.162 e. The van der Waals surface area contributed by atoms with Crippen molar-refractivity contribution in [3.8, 4) is 5.75 Å². The highest BCUT2D eigenvalue weighted by Gasteiger charge is 2.21. The maximum absolute atomic E-state index is 12.7. The van der Waals surface area contributed by atoms with Crippen molar-refractivity contribution in [2.45, 2.75) is 51.9 Å². The van der Waals surface area contributed by atoms with E-state index in [1.807, 2.05) is 24.3 Å². The van der Waals surface area contributed by atoms with E-state index in [9.17, 15) is 4.79 Å². The highest BCUT2D eigenvalue weighted by molar-refractivity contribution is 5.96. The summed E-state index contributed by atoms with van der Waals surface area (Å²) in [5.41, 5.74) is 7.40. The van der Waals surface area contributed by atoms with Gasteiger partial charge in [0.05, 0.1) is 7.11 Å². The molecule has 0 aromatic heterocycles. The number of hydrogen-bond acceptors (Lipinski definition) is 3. The van der Waals surface area contributed by atoms with E-state index in [1.54, 1.807) is 7.11 Å². The lowest BCUT2D eigenvalue weighted by molar-refractivity contribution is 0.0974. The molecule has 0 unspecified atom stereocenters. The molecule has 1 heterocycles. The van der Waals surface area contributed by atoms with Crippen LogP contribution in [0, 0.1) is 0 Å². The number of ketones is 1. The molecule has 3 aromatic carbocycles. The van der Waals surface area contributed by atoms with Gasteiger partial charge in [0.1, 0.15) is 5.75 Å². The number of halogens is 1. The summed E-state index contributed by atoms with van der Waals surface area (Å²) in [5, 5.41) is 0. The number of Topliss-reactive ketones (excluding diaryl/α,β-unsaturated/α-hetero) is 1. The molecule has 0 spiro atoms. The number of carbonyl (C=O) groups excluding carboxylic acids is 1. The molecule has 0 saturated carbocycles. The lowest BCUT2D eigenvalue weighted by atomic mass is 9.86. The highest BCUT2D eigenvalue weighted by atomic mass is 35.5. The van der Waals surface area contributed by atoms with E-state index in [4.69, 9.17) is 4.74 Å². The van der Waals surface area contributed by atoms with Crippen LogP contribution in [0.2, 0.25) is 0 Å². The molecule has 0 radical (unpaired) electrons. The first-order valence-electron chi connectivity index (χ1n) is 13.1. The Morgan fingerprint density at radius 1 is 0.838 bits per heavy atom. The van der Waals surface area contributed by atoms with Gasteiger partial charge in [0, 0.05) is 30.6 Å². The Morgan fingerprint density at radius 2 is 1.46 bits per heavy atom. The van der Waals surface area contributed by atoms with Crippen molar-refractivity contribution in [3.05, 3.63) is 107 Å². The number of benzene rings is 3. The molecule has 0 amide bonds. The van der Waals surface area contributed by atoms with Crippen LogP contribution in [-0.2, 0) is 5.41 Å². The minimum atomic E-state index is 0. The van der Waals surface area contributed by atoms with E-state index in [1.165, 1.54) is 22.3 Å². The molecule has 37 heavy (non-hydrogen) atoms. The molecular weight excluding hydrogens is 478 g/mol. The van der Waals surface area contributed by atoms with Crippen LogP contribution in [-0.4, -0.2) is 37.4 Å². The number of methoxy groups -OCH3 is 1. The van der Waals surface area contributed by atoms with Crippen LogP contribution in [0.3, 0.4) is 0 Å². The molecule has 3 nitrogen and oxygen atoms in total. The maximum atomic E-state index is 12.7. The number of para-hydroxylation sites is 1. The topological polar surface area (TPSA) is 29.5 Å². The Balaban J connectivity index is 0.00000380. The zero-order chi connectivity index (χ0) is 25.5. The Kier molecular flexibility index (Phi) is 10.1. The largest absolute Gasteiger partial charge is 0.496 e. The Morgan fingerprint density at radius 3 is 2.08 bits per heavy atom. The minimum Gasteiger partial charge on any atom is -0.496 e. The molecule has 0 atom stereocenters. The summed E-state index contributed by atoms with van der Waals surface area (Å²) in [4.78, 5) is 15.2. The standard InChI is InChI=1S/C33H39NO2.ClH/c1-33(2,3)28-18-16-25(17-19-28)30(35)14-10-22-34-23-20-27(21-24-34)32(26-11-6-5-7-12-26)29-13-8-9-15-31(29)36-4;/h5-9,11-13,15-19H,10,14,20-24H2,1-4H3;1H. The van der Waals surface area contributed by atoms with Gasteiger partial charge in [-0.05, 0) is 54.0 Å². The molecular formula is C33H40ClNO2. The summed E-state index contributed by atoms with van der Waals surface area (Å²) in [7, 11) is 1.74. The van der Waals surface area contributed by atoms with Crippen LogP contribution in [0.25, 0.3) is 5.57 Å². The third-order valence-corrected chi connectivity index (χ3v) is 7.20. The zero-order valence-electron chi connectivity index (χ0n) is 22.6. The Bertz CT molecular complexity index is 1180. The quantitative estimate of drug-likeness (QED) is 0.284. The van der Waals surface area contributed by atoms with Gasteiger partial charge in [0.25, 0.3) is 0 Å². The van der Waals surface area contributed by atoms with Gasteiger partial charge in [-0.25, -0.2) is 0 Å². The molecule has 0 aliphatic carbocycles. The average Bonchev–Trinajstić information content (AvgIpc) is 2.90. The van der Waals surface area contributed by atoms with E-state index in [0.29, 0.717) is 6.42 Å². The van der Waals surface area contributed by atoms with E-state index >= 15 is 0 Å². The molecule has 1 aliphatic rings. The van der Waals surface area contributed by atoms with Crippen molar-refractivity contribution in [1.82, 2.24) is 4.90 Å². The normalized spacial score (nSPS) is 14.1. The zero-order valence-corrected chi connectivity index (χ0v) is 23.4. The van der Waals surface area contributed by atoms with Gasteiger partial charge in [-0.3, -0.25) is 4.79 Å². The van der Waals surface area contributed by atoms with E-state index in [2.05, 4.69) is 80.3 Å². The first kappa shape index (κ1) is 28.7. The second-order valence-corrected chi connectivity index (χ2v) is 10.7. The Hall–Kier alpha value is -2.88. The first-order chi connectivity index (χ1) is 17.4. The van der Waals surface area contributed by atoms with Crippen molar-refractivity contribution in [2.24, 2.45) is 0 Å². The molecule has 3 aromatic rings. The fraction of sp³-hybridized carbons (Fsp3) is 0.364. The molecule has 1 aliphatic heterocycles. The van der Waals surface area contributed by atoms with E-state index in [-0.39, 0.29) is 23.6 Å². The second-order valence-electron chi connectivity index (χ2n) is 10.7. The number of piperidine rings is 1. The molecule has 0 bridgehead atoms. The van der Waals surface area contributed by atoms with Crippen LogP contribution in [0.1, 0.15) is 73.5 Å². The molecule has 1 saturated heterocycles. The van der Waals surface area contributed by atoms with Crippen molar-refractivity contribution in [1.29, 1.82) is 0 Å². The minimum absolute atomic E-state index is 0. The number of nitrogens with zero attached hydrogens (tertiary/aromatic N) is 1. The summed E-state index contributed by atoms with van der Waals surface area (Å²) in [6.07, 6.45) is 3.57. The molecule has 4 rings (SSSR count). The molecule has 0 N–H and O–H groups in total. The fourth-order valence-corrected chi connectivity index (χ4v) is 5.07. The fourth-order valence-electron chi connectivity index (χ4n) is 5.07. The van der Waals surface area contributed by atoms with Crippen LogP contribution in [0.5, 0.6) is 5.75 Å². The molecule has 4 heteroatoms. The van der Waals surface area contributed by atoms with Gasteiger partial charge in [-0.15, -0.1) is 12.4 Å². The monoisotopic (exact) mass is 517 g/mol. The summed E-state index contributed by atoms with van der Waals surface area (Å²) in [6.45, 7) is 9.60. The van der Waals surface area contributed by atoms with Gasteiger partial charge in [-0.2, -0.15) is 0 Å². The summed E-state index contributed by atoms with van der Waals surface area (Å²) in [5.74, 6) is 1.16. The second kappa shape index (κ2) is 13.1. The van der Waals surface area contributed by atoms with Crippen LogP contribution >= 0.6 is 12.4 Å². The van der Waals surface area contributed by atoms with Crippen molar-refractivity contribution < 1.29 is 9.53 Å². The van der Waals surface area contributed by atoms with Crippen LogP contribution in [0.4, 0.5) is 0 Å². The summed E-state index contributed by atoms with van der Waals surface area (Å²) >= 11 is 0. The number of hydrogen-bond donors (Lipinski definition) is 0. The third-order valence-electron chi connectivity index (χ3n) is 7.20. The van der Waals surface area contributed by atoms with Crippen molar-refractivity contribution >= 4 is 23.8 Å². The predicted octanol–water partition coefficient (Wildman–Crippen LogP) is 7.98. The van der Waals surface area contributed by atoms with Crippen molar-refractivity contribution in [2.75, 3.05) is 26.7 Å². The van der Waals surface area contributed by atoms with Gasteiger partial charge in [0.2, 0.25) is 0 Å². The van der Waals surface area contributed by atoms with Crippen molar-refractivity contribution in [3.63, 3.8) is 0 Å². The van der Waals surface area contributed by atoms with Gasteiger partial charge < -0.3 is 9.64 Å². The number of rotatable bonds is 8.